The van der Waals surface area contributed by atoms with Gasteiger partial charge in [0.05, 0.1) is 30.0 Å². The van der Waals surface area contributed by atoms with Crippen LogP contribution in [-0.2, 0) is 0 Å². The number of methoxy groups -OCH3 is 1. The SMILES string of the molecule is COc1ccc(-c2nc3ncccc3o2)cc1NC(=O)c1ccc(C#N)cc1F. The Hall–Kier alpha value is -4.25. The summed E-state index contributed by atoms with van der Waals surface area (Å²) >= 11 is 0. The quantitative estimate of drug-likeness (QED) is 0.563. The minimum atomic E-state index is -0.790. The monoisotopic (exact) mass is 388 g/mol. The molecule has 0 aliphatic rings. The number of halogens is 1. The first-order chi connectivity index (χ1) is 14.1. The Balaban J connectivity index is 1.68. The predicted molar refractivity (Wildman–Crippen MR) is 103 cm³/mol. The maximum Gasteiger partial charge on any atom is 0.258 e. The van der Waals surface area contributed by atoms with E-state index < -0.39 is 11.7 Å². The molecule has 2 heterocycles. The lowest BCUT2D eigenvalue weighted by atomic mass is 10.1. The van der Waals surface area contributed by atoms with E-state index in [2.05, 4.69) is 15.3 Å². The molecule has 2 aromatic carbocycles. The number of pyridine rings is 1. The molecular weight excluding hydrogens is 375 g/mol. The number of carbonyl (C=O) groups excluding carboxylic acids is 1. The Morgan fingerprint density at radius 2 is 2.10 bits per heavy atom. The minimum Gasteiger partial charge on any atom is -0.495 e. The topological polar surface area (TPSA) is 101 Å². The summed E-state index contributed by atoms with van der Waals surface area (Å²) in [6.45, 7) is 0. The summed E-state index contributed by atoms with van der Waals surface area (Å²) in [7, 11) is 1.45. The number of hydrogen-bond donors (Lipinski definition) is 1. The number of hydrogen-bond acceptors (Lipinski definition) is 6. The minimum absolute atomic E-state index is 0.128. The summed E-state index contributed by atoms with van der Waals surface area (Å²) in [6.07, 6.45) is 1.61. The average molecular weight is 388 g/mol. The number of ether oxygens (including phenoxy) is 1. The highest BCUT2D eigenvalue weighted by molar-refractivity contribution is 6.05. The molecular formula is C21H13FN4O3. The molecule has 29 heavy (non-hydrogen) atoms. The number of anilines is 1. The van der Waals surface area contributed by atoms with Gasteiger partial charge in [-0.15, -0.1) is 0 Å². The predicted octanol–water partition coefficient (Wildman–Crippen LogP) is 4.16. The fourth-order valence-corrected chi connectivity index (χ4v) is 2.79. The van der Waals surface area contributed by atoms with Crippen LogP contribution in [0, 0.1) is 17.1 Å². The second-order valence-corrected chi connectivity index (χ2v) is 6.02. The first-order valence-corrected chi connectivity index (χ1v) is 8.50. The standard InChI is InChI=1S/C21H13FN4O3/c1-28-17-7-5-13(21-26-19-18(29-21)3-2-8-24-19)10-16(17)25-20(27)14-6-4-12(11-23)9-15(14)22/h2-10H,1H3,(H,25,27). The zero-order valence-corrected chi connectivity index (χ0v) is 15.1. The summed E-state index contributed by atoms with van der Waals surface area (Å²) < 4.78 is 25.1. The number of fused-ring (bicyclic) bond motifs is 1. The number of oxazole rings is 1. The van der Waals surface area contributed by atoms with Crippen LogP contribution >= 0.6 is 0 Å². The van der Waals surface area contributed by atoms with E-state index in [-0.39, 0.29) is 11.1 Å². The lowest BCUT2D eigenvalue weighted by Gasteiger charge is -2.11. The molecule has 4 aromatic rings. The van der Waals surface area contributed by atoms with Crippen molar-refractivity contribution in [3.05, 3.63) is 71.7 Å². The van der Waals surface area contributed by atoms with Gasteiger partial charge < -0.3 is 14.5 Å². The van der Waals surface area contributed by atoms with Crippen molar-refractivity contribution >= 4 is 22.8 Å². The second kappa shape index (κ2) is 7.40. The van der Waals surface area contributed by atoms with Gasteiger partial charge >= 0.3 is 0 Å². The Kier molecular flexibility index (Phi) is 4.63. The molecule has 8 heteroatoms. The van der Waals surface area contributed by atoms with Crippen molar-refractivity contribution in [1.29, 1.82) is 5.26 Å². The van der Waals surface area contributed by atoms with Crippen LogP contribution in [0.3, 0.4) is 0 Å². The molecule has 1 amide bonds. The third-order valence-corrected chi connectivity index (χ3v) is 4.20. The Bertz CT molecular complexity index is 1240. The first kappa shape index (κ1) is 18.1. The smallest absolute Gasteiger partial charge is 0.258 e. The van der Waals surface area contributed by atoms with Crippen molar-refractivity contribution in [3.8, 4) is 23.3 Å². The van der Waals surface area contributed by atoms with E-state index in [1.54, 1.807) is 36.5 Å². The van der Waals surface area contributed by atoms with E-state index in [9.17, 15) is 9.18 Å². The molecule has 0 radical (unpaired) electrons. The van der Waals surface area contributed by atoms with Crippen molar-refractivity contribution < 1.29 is 18.3 Å². The number of nitrogens with zero attached hydrogens (tertiary/aromatic N) is 3. The van der Waals surface area contributed by atoms with E-state index in [4.69, 9.17) is 14.4 Å². The van der Waals surface area contributed by atoms with Crippen LogP contribution in [0.5, 0.6) is 5.75 Å². The Morgan fingerprint density at radius 3 is 2.83 bits per heavy atom. The molecule has 0 bridgehead atoms. The van der Waals surface area contributed by atoms with Crippen molar-refractivity contribution in [2.24, 2.45) is 0 Å². The van der Waals surface area contributed by atoms with Crippen LogP contribution in [0.4, 0.5) is 10.1 Å². The summed E-state index contributed by atoms with van der Waals surface area (Å²) in [5.74, 6) is -0.768. The van der Waals surface area contributed by atoms with Crippen molar-refractivity contribution in [1.82, 2.24) is 9.97 Å². The van der Waals surface area contributed by atoms with E-state index in [1.807, 2.05) is 6.07 Å². The molecule has 0 aliphatic heterocycles. The summed E-state index contributed by atoms with van der Waals surface area (Å²) in [6, 6.07) is 13.9. The molecule has 7 nitrogen and oxygen atoms in total. The third kappa shape index (κ3) is 3.49. The van der Waals surface area contributed by atoms with Gasteiger partial charge in [-0.1, -0.05) is 0 Å². The van der Waals surface area contributed by atoms with Crippen molar-refractivity contribution in [2.45, 2.75) is 0 Å². The lowest BCUT2D eigenvalue weighted by molar-refractivity contribution is 0.102. The molecule has 0 aliphatic carbocycles. The first-order valence-electron chi connectivity index (χ1n) is 8.50. The number of amides is 1. The number of nitrogens with one attached hydrogen (secondary N) is 1. The molecule has 0 saturated heterocycles. The van der Waals surface area contributed by atoms with Gasteiger partial charge in [-0.3, -0.25) is 4.79 Å². The van der Waals surface area contributed by atoms with Crippen LogP contribution in [0.1, 0.15) is 15.9 Å². The number of benzene rings is 2. The van der Waals surface area contributed by atoms with Crippen LogP contribution in [0.25, 0.3) is 22.7 Å². The van der Waals surface area contributed by atoms with Gasteiger partial charge in [-0.2, -0.15) is 10.2 Å². The summed E-state index contributed by atoms with van der Waals surface area (Å²) in [5.41, 5.74) is 1.83. The molecule has 0 unspecified atom stereocenters. The van der Waals surface area contributed by atoms with Crippen LogP contribution in [0.2, 0.25) is 0 Å². The Morgan fingerprint density at radius 1 is 1.24 bits per heavy atom. The zero-order chi connectivity index (χ0) is 20.4. The van der Waals surface area contributed by atoms with Gasteiger partial charge in [0.2, 0.25) is 5.89 Å². The molecule has 0 spiro atoms. The molecule has 142 valence electrons. The van der Waals surface area contributed by atoms with Gasteiger partial charge in [-0.05, 0) is 48.5 Å². The van der Waals surface area contributed by atoms with E-state index in [0.29, 0.717) is 34.1 Å². The fourth-order valence-electron chi connectivity index (χ4n) is 2.79. The highest BCUT2D eigenvalue weighted by Crippen LogP contribution is 2.32. The van der Waals surface area contributed by atoms with Gasteiger partial charge in [0.1, 0.15) is 11.6 Å². The second-order valence-electron chi connectivity index (χ2n) is 6.02. The average Bonchev–Trinajstić information content (AvgIpc) is 3.17. The third-order valence-electron chi connectivity index (χ3n) is 4.20. The van der Waals surface area contributed by atoms with Crippen LogP contribution < -0.4 is 10.1 Å². The number of aromatic nitrogens is 2. The molecule has 2 aromatic heterocycles. The van der Waals surface area contributed by atoms with E-state index in [1.165, 1.54) is 19.2 Å². The normalized spacial score (nSPS) is 10.5. The van der Waals surface area contributed by atoms with E-state index in [0.717, 1.165) is 6.07 Å². The van der Waals surface area contributed by atoms with Crippen molar-refractivity contribution in [2.75, 3.05) is 12.4 Å². The van der Waals surface area contributed by atoms with Crippen LogP contribution in [-0.4, -0.2) is 23.0 Å². The van der Waals surface area contributed by atoms with Crippen molar-refractivity contribution in [3.63, 3.8) is 0 Å². The fraction of sp³-hybridized carbons (Fsp3) is 0.0476. The Labute approximate surface area is 164 Å². The largest absolute Gasteiger partial charge is 0.495 e. The highest BCUT2D eigenvalue weighted by atomic mass is 19.1. The van der Waals surface area contributed by atoms with Gasteiger partial charge in [-0.25, -0.2) is 9.37 Å². The lowest BCUT2D eigenvalue weighted by Crippen LogP contribution is -2.14. The van der Waals surface area contributed by atoms with Gasteiger partial charge in [0.25, 0.3) is 5.91 Å². The molecule has 0 atom stereocenters. The number of rotatable bonds is 4. The van der Waals surface area contributed by atoms with Crippen LogP contribution in [0.15, 0.2) is 59.1 Å². The number of carbonyl (C=O) groups is 1. The number of nitriles is 1. The zero-order valence-electron chi connectivity index (χ0n) is 15.1. The molecule has 1 N–H and O–H groups in total. The summed E-state index contributed by atoms with van der Waals surface area (Å²) in [4.78, 5) is 21.0. The summed E-state index contributed by atoms with van der Waals surface area (Å²) in [5, 5.41) is 11.5. The maximum atomic E-state index is 14.2. The van der Waals surface area contributed by atoms with E-state index >= 15 is 0 Å². The highest BCUT2D eigenvalue weighted by Gasteiger charge is 2.17. The van der Waals surface area contributed by atoms with Gasteiger partial charge in [0, 0.05) is 11.8 Å². The van der Waals surface area contributed by atoms with Gasteiger partial charge in [0.15, 0.2) is 11.2 Å². The molecule has 0 fully saturated rings. The molecule has 4 rings (SSSR count). The molecule has 0 saturated carbocycles. The maximum absolute atomic E-state index is 14.2.